The number of nitrogens with zero attached hydrogens (tertiary/aromatic N) is 1. The van der Waals surface area contributed by atoms with Crippen molar-refractivity contribution in [2.45, 2.75) is 12.5 Å². The van der Waals surface area contributed by atoms with Crippen LogP contribution in [0.3, 0.4) is 0 Å². The van der Waals surface area contributed by atoms with Crippen molar-refractivity contribution in [2.24, 2.45) is 0 Å². The zero-order valence-corrected chi connectivity index (χ0v) is 9.93. The number of hydrogen-bond donors (Lipinski definition) is 1. The average molecular weight is 287 g/mol. The molecule has 0 saturated carbocycles. The van der Waals surface area contributed by atoms with Gasteiger partial charge in [-0.05, 0) is 29.8 Å². The Morgan fingerprint density at radius 2 is 1.70 bits per heavy atom. The highest BCUT2D eigenvalue weighted by Gasteiger charge is 2.31. The van der Waals surface area contributed by atoms with Crippen LogP contribution in [0, 0.1) is 5.82 Å². The Bertz CT molecular complexity index is 566. The first-order chi connectivity index (χ1) is 9.35. The third-order valence-electron chi connectivity index (χ3n) is 2.46. The van der Waals surface area contributed by atoms with Crippen molar-refractivity contribution >= 4 is 0 Å². The van der Waals surface area contributed by atoms with Crippen LogP contribution in [0.2, 0.25) is 0 Å². The molecule has 0 radical (unpaired) electrons. The van der Waals surface area contributed by atoms with E-state index >= 15 is 0 Å². The minimum Gasteiger partial charge on any atom is -0.404 e. The Balaban J connectivity index is 2.15. The number of halogens is 4. The number of pyridine rings is 1. The summed E-state index contributed by atoms with van der Waals surface area (Å²) in [5.41, 5.74) is 0.509. The lowest BCUT2D eigenvalue weighted by molar-refractivity contribution is -0.274. The minimum absolute atomic E-state index is 0.131. The third kappa shape index (κ3) is 3.67. The van der Waals surface area contributed by atoms with Gasteiger partial charge in [-0.3, -0.25) is 4.98 Å². The third-order valence-corrected chi connectivity index (χ3v) is 2.46. The molecule has 1 atom stereocenters. The minimum atomic E-state index is -4.79. The van der Waals surface area contributed by atoms with Gasteiger partial charge in [-0.1, -0.05) is 12.1 Å². The maximum Gasteiger partial charge on any atom is 0.573 e. The number of aliphatic hydroxyl groups is 1. The van der Waals surface area contributed by atoms with Crippen LogP contribution in [-0.2, 0) is 0 Å². The number of aromatic nitrogens is 1. The molecule has 0 aliphatic carbocycles. The molecule has 0 aliphatic rings. The van der Waals surface area contributed by atoms with E-state index in [4.69, 9.17) is 0 Å². The van der Waals surface area contributed by atoms with Gasteiger partial charge in [-0.2, -0.15) is 0 Å². The van der Waals surface area contributed by atoms with Gasteiger partial charge < -0.3 is 9.84 Å². The molecule has 0 bridgehead atoms. The molecule has 0 spiro atoms. The summed E-state index contributed by atoms with van der Waals surface area (Å²) in [5.74, 6) is -0.935. The number of hydrogen-bond acceptors (Lipinski definition) is 3. The van der Waals surface area contributed by atoms with E-state index in [9.17, 15) is 22.7 Å². The van der Waals surface area contributed by atoms with Gasteiger partial charge in [0.15, 0.2) is 0 Å². The molecule has 2 rings (SSSR count). The Labute approximate surface area is 111 Å². The van der Waals surface area contributed by atoms with Crippen LogP contribution < -0.4 is 4.74 Å². The summed E-state index contributed by atoms with van der Waals surface area (Å²) in [7, 11) is 0. The first-order valence-corrected chi connectivity index (χ1v) is 5.50. The highest BCUT2D eigenvalue weighted by molar-refractivity contribution is 5.28. The molecule has 0 saturated heterocycles. The van der Waals surface area contributed by atoms with Gasteiger partial charge >= 0.3 is 6.36 Å². The Hall–Kier alpha value is -2.15. The summed E-state index contributed by atoms with van der Waals surface area (Å²) in [4.78, 5) is 3.69. The fourth-order valence-corrected chi connectivity index (χ4v) is 1.56. The normalized spacial score (nSPS) is 13.1. The molecule has 0 amide bonds. The molecule has 0 aliphatic heterocycles. The van der Waals surface area contributed by atoms with Crippen LogP contribution in [0.4, 0.5) is 17.6 Å². The average Bonchev–Trinajstić information content (AvgIpc) is 2.38. The molecule has 1 heterocycles. The molecule has 2 aromatic rings. The zero-order chi connectivity index (χ0) is 14.8. The maximum absolute atomic E-state index is 12.7. The quantitative estimate of drug-likeness (QED) is 0.881. The van der Waals surface area contributed by atoms with Crippen molar-refractivity contribution in [1.82, 2.24) is 4.98 Å². The maximum atomic E-state index is 12.7. The second-order valence-corrected chi connectivity index (χ2v) is 3.92. The smallest absolute Gasteiger partial charge is 0.404 e. The predicted octanol–water partition coefficient (Wildman–Crippen LogP) is 3.20. The van der Waals surface area contributed by atoms with Crippen LogP contribution in [0.5, 0.6) is 5.75 Å². The summed E-state index contributed by atoms with van der Waals surface area (Å²) in [6.07, 6.45) is -5.09. The summed E-state index contributed by atoms with van der Waals surface area (Å²) in [5, 5.41) is 9.96. The summed E-state index contributed by atoms with van der Waals surface area (Å²) >= 11 is 0. The number of alkyl halides is 3. The molecule has 1 aromatic heterocycles. The van der Waals surface area contributed by atoms with Crippen LogP contribution in [0.15, 0.2) is 42.6 Å². The second-order valence-electron chi connectivity index (χ2n) is 3.92. The molecular formula is C13H9F4NO2. The Morgan fingerprint density at radius 3 is 2.20 bits per heavy atom. The van der Waals surface area contributed by atoms with Gasteiger partial charge in [0.2, 0.25) is 0 Å². The van der Waals surface area contributed by atoms with Crippen molar-refractivity contribution in [3.05, 3.63) is 59.7 Å². The van der Waals surface area contributed by atoms with Crippen LogP contribution in [0.1, 0.15) is 17.4 Å². The lowest BCUT2D eigenvalue weighted by atomic mass is 10.1. The fourth-order valence-electron chi connectivity index (χ4n) is 1.56. The Morgan fingerprint density at radius 1 is 1.05 bits per heavy atom. The van der Waals surface area contributed by atoms with E-state index < -0.39 is 24.0 Å². The van der Waals surface area contributed by atoms with Crippen LogP contribution in [-0.4, -0.2) is 16.5 Å². The van der Waals surface area contributed by atoms with E-state index in [1.165, 1.54) is 30.3 Å². The molecule has 3 nitrogen and oxygen atoms in total. The van der Waals surface area contributed by atoms with Gasteiger partial charge in [-0.25, -0.2) is 4.39 Å². The van der Waals surface area contributed by atoms with Crippen molar-refractivity contribution < 1.29 is 27.4 Å². The van der Waals surface area contributed by atoms with Crippen molar-refractivity contribution in [3.8, 4) is 5.75 Å². The Kier molecular flexibility index (Phi) is 3.89. The van der Waals surface area contributed by atoms with Crippen molar-refractivity contribution in [2.75, 3.05) is 0 Å². The van der Waals surface area contributed by atoms with Crippen molar-refractivity contribution in [1.29, 1.82) is 0 Å². The van der Waals surface area contributed by atoms with E-state index in [1.807, 2.05) is 0 Å². The number of rotatable bonds is 3. The van der Waals surface area contributed by atoms with Gasteiger partial charge in [0.05, 0.1) is 11.9 Å². The van der Waals surface area contributed by atoms with Gasteiger partial charge in [0.25, 0.3) is 0 Å². The molecule has 106 valence electrons. The zero-order valence-electron chi connectivity index (χ0n) is 9.93. The summed E-state index contributed by atoms with van der Waals surface area (Å²) < 4.78 is 52.3. The number of benzene rings is 1. The first-order valence-electron chi connectivity index (χ1n) is 5.50. The fraction of sp³-hybridized carbons (Fsp3) is 0.154. The van der Waals surface area contributed by atoms with Gasteiger partial charge in [0, 0.05) is 0 Å². The highest BCUT2D eigenvalue weighted by atomic mass is 19.4. The van der Waals surface area contributed by atoms with Gasteiger partial charge in [0.1, 0.15) is 17.7 Å². The van der Waals surface area contributed by atoms with Crippen molar-refractivity contribution in [3.63, 3.8) is 0 Å². The molecule has 1 unspecified atom stereocenters. The van der Waals surface area contributed by atoms with Crippen LogP contribution in [0.25, 0.3) is 0 Å². The standard InChI is InChI=1S/C13H9F4NO2/c14-9-3-1-8(2-4-9)12(19)11-6-5-10(7-18-11)20-13(15,16)17/h1-7,12,19H. The number of ether oxygens (including phenoxy) is 1. The number of aliphatic hydroxyl groups excluding tert-OH is 1. The van der Waals surface area contributed by atoms with E-state index in [-0.39, 0.29) is 5.69 Å². The monoisotopic (exact) mass is 287 g/mol. The lowest BCUT2D eigenvalue weighted by Crippen LogP contribution is -2.17. The molecule has 7 heteroatoms. The largest absolute Gasteiger partial charge is 0.573 e. The van der Waals surface area contributed by atoms with Crippen LogP contribution >= 0.6 is 0 Å². The molecule has 1 N–H and O–H groups in total. The van der Waals surface area contributed by atoms with Gasteiger partial charge in [-0.15, -0.1) is 13.2 Å². The summed E-state index contributed by atoms with van der Waals surface area (Å²) in [6, 6.07) is 7.31. The topological polar surface area (TPSA) is 42.4 Å². The molecule has 1 aromatic carbocycles. The first kappa shape index (κ1) is 14.3. The van der Waals surface area contributed by atoms with E-state index in [1.54, 1.807) is 0 Å². The highest BCUT2D eigenvalue weighted by Crippen LogP contribution is 2.25. The summed E-state index contributed by atoms with van der Waals surface area (Å²) in [6.45, 7) is 0. The van der Waals surface area contributed by atoms with E-state index in [0.717, 1.165) is 12.3 Å². The van der Waals surface area contributed by atoms with E-state index in [0.29, 0.717) is 5.56 Å². The molecule has 0 fully saturated rings. The van der Waals surface area contributed by atoms with E-state index in [2.05, 4.69) is 9.72 Å². The lowest BCUT2D eigenvalue weighted by Gasteiger charge is -2.12. The predicted molar refractivity (Wildman–Crippen MR) is 61.4 cm³/mol. The SMILES string of the molecule is OC(c1ccc(F)cc1)c1ccc(OC(F)(F)F)cn1. The second kappa shape index (κ2) is 5.46. The molecule has 20 heavy (non-hydrogen) atoms. The molecular weight excluding hydrogens is 278 g/mol.